The van der Waals surface area contributed by atoms with E-state index in [0.717, 1.165) is 44.5 Å². The zero-order chi connectivity index (χ0) is 14.5. The molecule has 0 bridgehead atoms. The van der Waals surface area contributed by atoms with Gasteiger partial charge in [0.25, 0.3) is 5.69 Å². The van der Waals surface area contributed by atoms with Crippen molar-refractivity contribution in [3.05, 3.63) is 39.9 Å². The van der Waals surface area contributed by atoms with Crippen molar-refractivity contribution in [2.45, 2.75) is 32.3 Å². The van der Waals surface area contributed by atoms with Gasteiger partial charge in [0.05, 0.1) is 11.0 Å². The Balaban J connectivity index is 1.77. The molecule has 1 heterocycles. The van der Waals surface area contributed by atoms with E-state index < -0.39 is 0 Å². The van der Waals surface area contributed by atoms with Crippen molar-refractivity contribution < 1.29 is 10.0 Å². The van der Waals surface area contributed by atoms with Crippen LogP contribution in [0.3, 0.4) is 0 Å². The Morgan fingerprint density at radius 1 is 1.35 bits per heavy atom. The van der Waals surface area contributed by atoms with Gasteiger partial charge in [-0.05, 0) is 50.8 Å². The van der Waals surface area contributed by atoms with Crippen molar-refractivity contribution in [1.82, 2.24) is 4.90 Å². The Kier molecular flexibility index (Phi) is 5.09. The Hall–Kier alpha value is -1.46. The lowest BCUT2D eigenvalue weighted by Gasteiger charge is -2.33. The normalized spacial score (nSPS) is 18.9. The number of hydrogen-bond donors (Lipinski definition) is 1. The van der Waals surface area contributed by atoms with Gasteiger partial charge in [0.1, 0.15) is 0 Å². The third kappa shape index (κ3) is 4.02. The summed E-state index contributed by atoms with van der Waals surface area (Å²) in [7, 11) is 0. The summed E-state index contributed by atoms with van der Waals surface area (Å²) >= 11 is 0. The number of rotatable bonds is 5. The molecule has 1 aliphatic heterocycles. The number of hydrogen-bond acceptors (Lipinski definition) is 4. The average molecular weight is 278 g/mol. The highest BCUT2D eigenvalue weighted by Crippen LogP contribution is 2.21. The zero-order valence-corrected chi connectivity index (χ0v) is 11.9. The lowest BCUT2D eigenvalue weighted by Crippen LogP contribution is -2.38. The van der Waals surface area contributed by atoms with E-state index in [4.69, 9.17) is 0 Å². The molecule has 20 heavy (non-hydrogen) atoms. The molecule has 0 aliphatic carbocycles. The first-order chi connectivity index (χ1) is 9.56. The molecule has 5 nitrogen and oxygen atoms in total. The molecule has 1 atom stereocenters. The van der Waals surface area contributed by atoms with Gasteiger partial charge in [-0.2, -0.15) is 0 Å². The van der Waals surface area contributed by atoms with E-state index in [1.54, 1.807) is 12.1 Å². The van der Waals surface area contributed by atoms with E-state index in [1.807, 2.05) is 19.1 Å². The van der Waals surface area contributed by atoms with Crippen LogP contribution in [-0.4, -0.2) is 40.7 Å². The Labute approximate surface area is 119 Å². The minimum atomic E-state index is -0.370. The van der Waals surface area contributed by atoms with E-state index in [9.17, 15) is 15.2 Å². The number of nitro groups is 1. The van der Waals surface area contributed by atoms with E-state index >= 15 is 0 Å². The van der Waals surface area contributed by atoms with Crippen molar-refractivity contribution in [2.75, 3.05) is 19.6 Å². The highest BCUT2D eigenvalue weighted by atomic mass is 16.6. The molecule has 1 aromatic rings. The first-order valence-corrected chi connectivity index (χ1v) is 7.20. The van der Waals surface area contributed by atoms with Gasteiger partial charge in [-0.3, -0.25) is 10.1 Å². The number of benzene rings is 1. The van der Waals surface area contributed by atoms with Crippen LogP contribution in [0.25, 0.3) is 0 Å². The van der Waals surface area contributed by atoms with Crippen molar-refractivity contribution in [1.29, 1.82) is 0 Å². The van der Waals surface area contributed by atoms with E-state index in [0.29, 0.717) is 5.92 Å². The summed E-state index contributed by atoms with van der Waals surface area (Å²) in [6.07, 6.45) is 2.82. The van der Waals surface area contributed by atoms with Crippen LogP contribution < -0.4 is 0 Å². The van der Waals surface area contributed by atoms with E-state index in [2.05, 4.69) is 4.90 Å². The molecule has 2 rings (SSSR count). The number of non-ortho nitro benzene ring substituents is 1. The molecule has 0 saturated carbocycles. The molecular formula is C15H22N2O3. The first-order valence-electron chi connectivity index (χ1n) is 7.20. The zero-order valence-electron chi connectivity index (χ0n) is 11.9. The van der Waals surface area contributed by atoms with Crippen molar-refractivity contribution in [2.24, 2.45) is 5.92 Å². The smallest absolute Gasteiger partial charge is 0.269 e. The standard InChI is InChI=1S/C15H22N2O3/c1-12(18)14-7-10-16(11-8-14)9-6-13-2-4-15(5-3-13)17(19)20/h2-5,12,14,18H,6-11H2,1H3/t12-/m1/s1. The predicted molar refractivity (Wildman–Crippen MR) is 77.6 cm³/mol. The third-order valence-corrected chi connectivity index (χ3v) is 4.18. The maximum Gasteiger partial charge on any atom is 0.269 e. The van der Waals surface area contributed by atoms with Crippen molar-refractivity contribution >= 4 is 5.69 Å². The van der Waals surface area contributed by atoms with E-state index in [1.165, 1.54) is 0 Å². The van der Waals surface area contributed by atoms with Crippen LogP contribution in [0.2, 0.25) is 0 Å². The second kappa shape index (κ2) is 6.81. The summed E-state index contributed by atoms with van der Waals surface area (Å²) in [6.45, 7) is 4.91. The van der Waals surface area contributed by atoms with Gasteiger partial charge in [0.15, 0.2) is 0 Å². The fourth-order valence-corrected chi connectivity index (χ4v) is 2.73. The number of nitro benzene ring substituents is 1. The maximum absolute atomic E-state index is 10.6. The fraction of sp³-hybridized carbons (Fsp3) is 0.600. The molecule has 0 amide bonds. The molecule has 1 N–H and O–H groups in total. The topological polar surface area (TPSA) is 66.6 Å². The average Bonchev–Trinajstić information content (AvgIpc) is 2.46. The number of likely N-dealkylation sites (tertiary alicyclic amines) is 1. The van der Waals surface area contributed by atoms with Crippen LogP contribution in [0.1, 0.15) is 25.3 Å². The molecule has 1 aromatic carbocycles. The lowest BCUT2D eigenvalue weighted by atomic mass is 9.92. The molecule has 5 heteroatoms. The minimum absolute atomic E-state index is 0.145. The quantitative estimate of drug-likeness (QED) is 0.662. The lowest BCUT2D eigenvalue weighted by molar-refractivity contribution is -0.384. The predicted octanol–water partition coefficient (Wildman–Crippen LogP) is 2.23. The molecule has 0 radical (unpaired) electrons. The maximum atomic E-state index is 10.6. The molecule has 110 valence electrons. The first kappa shape index (κ1) is 14.9. The SMILES string of the molecule is C[C@@H](O)C1CCN(CCc2ccc([N+](=O)[O-])cc2)CC1. The molecule has 0 aromatic heterocycles. The monoisotopic (exact) mass is 278 g/mol. The second-order valence-corrected chi connectivity index (χ2v) is 5.59. The summed E-state index contributed by atoms with van der Waals surface area (Å²) in [5.41, 5.74) is 1.28. The van der Waals surface area contributed by atoms with Crippen LogP contribution in [-0.2, 0) is 6.42 Å². The molecule has 0 spiro atoms. The molecule has 1 fully saturated rings. The van der Waals surface area contributed by atoms with Gasteiger partial charge in [0, 0.05) is 18.7 Å². The number of piperidine rings is 1. The number of aliphatic hydroxyl groups is 1. The van der Waals surface area contributed by atoms with Crippen LogP contribution >= 0.6 is 0 Å². The van der Waals surface area contributed by atoms with Crippen LogP contribution in [0.4, 0.5) is 5.69 Å². The fourth-order valence-electron chi connectivity index (χ4n) is 2.73. The van der Waals surface area contributed by atoms with Gasteiger partial charge in [0.2, 0.25) is 0 Å². The number of aliphatic hydroxyl groups excluding tert-OH is 1. The highest BCUT2D eigenvalue weighted by Gasteiger charge is 2.22. The third-order valence-electron chi connectivity index (χ3n) is 4.18. The van der Waals surface area contributed by atoms with Crippen LogP contribution in [0, 0.1) is 16.0 Å². The second-order valence-electron chi connectivity index (χ2n) is 5.59. The molecule has 1 aliphatic rings. The van der Waals surface area contributed by atoms with Gasteiger partial charge in [-0.15, -0.1) is 0 Å². The molecule has 1 saturated heterocycles. The van der Waals surface area contributed by atoms with E-state index in [-0.39, 0.29) is 16.7 Å². The van der Waals surface area contributed by atoms with Crippen LogP contribution in [0.15, 0.2) is 24.3 Å². The summed E-state index contributed by atoms with van der Waals surface area (Å²) < 4.78 is 0. The summed E-state index contributed by atoms with van der Waals surface area (Å²) in [5, 5.41) is 20.1. The Morgan fingerprint density at radius 3 is 2.45 bits per heavy atom. The van der Waals surface area contributed by atoms with Gasteiger partial charge in [-0.1, -0.05) is 12.1 Å². The highest BCUT2D eigenvalue weighted by molar-refractivity contribution is 5.32. The van der Waals surface area contributed by atoms with Crippen molar-refractivity contribution in [3.63, 3.8) is 0 Å². The molecular weight excluding hydrogens is 256 g/mol. The largest absolute Gasteiger partial charge is 0.393 e. The summed E-state index contributed by atoms with van der Waals surface area (Å²) in [5.74, 6) is 0.436. The molecule has 0 unspecified atom stereocenters. The van der Waals surface area contributed by atoms with Gasteiger partial charge < -0.3 is 10.0 Å². The van der Waals surface area contributed by atoms with Gasteiger partial charge >= 0.3 is 0 Å². The Bertz CT molecular complexity index is 437. The Morgan fingerprint density at radius 2 is 1.95 bits per heavy atom. The summed E-state index contributed by atoms with van der Waals surface area (Å²) in [6, 6.07) is 6.80. The van der Waals surface area contributed by atoms with Crippen LogP contribution in [0.5, 0.6) is 0 Å². The number of nitrogens with zero attached hydrogens (tertiary/aromatic N) is 2. The minimum Gasteiger partial charge on any atom is -0.393 e. The van der Waals surface area contributed by atoms with Gasteiger partial charge in [-0.25, -0.2) is 0 Å². The van der Waals surface area contributed by atoms with Crippen molar-refractivity contribution in [3.8, 4) is 0 Å². The summed E-state index contributed by atoms with van der Waals surface area (Å²) in [4.78, 5) is 12.6.